The fourth-order valence-electron chi connectivity index (χ4n) is 2.24. The van der Waals surface area contributed by atoms with Crippen molar-refractivity contribution in [2.24, 2.45) is 0 Å². The van der Waals surface area contributed by atoms with E-state index in [0.717, 1.165) is 12.6 Å². The summed E-state index contributed by atoms with van der Waals surface area (Å²) in [4.78, 5) is 2.63. The Morgan fingerprint density at radius 1 is 1.43 bits per heavy atom. The van der Waals surface area contributed by atoms with Crippen molar-refractivity contribution in [3.8, 4) is 0 Å². The van der Waals surface area contributed by atoms with Crippen molar-refractivity contribution in [1.29, 1.82) is 0 Å². The van der Waals surface area contributed by atoms with E-state index in [9.17, 15) is 0 Å². The monoisotopic (exact) mass is 198 g/mol. The van der Waals surface area contributed by atoms with Crippen LogP contribution in [0.5, 0.6) is 0 Å². The molecule has 1 fully saturated rings. The van der Waals surface area contributed by atoms with Crippen LogP contribution in [0.4, 0.5) is 0 Å². The van der Waals surface area contributed by atoms with E-state index in [0.29, 0.717) is 5.54 Å². The highest BCUT2D eigenvalue weighted by molar-refractivity contribution is 4.88. The van der Waals surface area contributed by atoms with E-state index in [1.807, 2.05) is 0 Å². The lowest BCUT2D eigenvalue weighted by molar-refractivity contribution is 0.111. The van der Waals surface area contributed by atoms with E-state index in [1.54, 1.807) is 0 Å². The van der Waals surface area contributed by atoms with E-state index in [2.05, 4.69) is 37.9 Å². The Morgan fingerprint density at radius 3 is 2.71 bits per heavy atom. The van der Waals surface area contributed by atoms with Crippen molar-refractivity contribution < 1.29 is 0 Å². The predicted octanol–water partition coefficient (Wildman–Crippen LogP) is 2.25. The van der Waals surface area contributed by atoms with E-state index >= 15 is 0 Å². The molecule has 0 aliphatic carbocycles. The number of hydrogen-bond acceptors (Lipinski definition) is 2. The Balaban J connectivity index is 2.35. The van der Waals surface area contributed by atoms with Gasteiger partial charge in [-0.25, -0.2) is 0 Å². The van der Waals surface area contributed by atoms with E-state index < -0.39 is 0 Å². The first-order chi connectivity index (χ1) is 6.55. The Morgan fingerprint density at radius 2 is 2.14 bits per heavy atom. The van der Waals surface area contributed by atoms with Gasteiger partial charge < -0.3 is 5.32 Å². The Labute approximate surface area is 89.1 Å². The zero-order valence-corrected chi connectivity index (χ0v) is 10.3. The van der Waals surface area contributed by atoms with Crippen LogP contribution in [0.2, 0.25) is 0 Å². The maximum atomic E-state index is 3.56. The van der Waals surface area contributed by atoms with Crippen molar-refractivity contribution in [3.63, 3.8) is 0 Å². The van der Waals surface area contributed by atoms with Crippen LogP contribution in [-0.4, -0.2) is 36.1 Å². The Bertz CT molecular complexity index is 166. The van der Waals surface area contributed by atoms with Crippen molar-refractivity contribution in [1.82, 2.24) is 10.2 Å². The fourth-order valence-corrected chi connectivity index (χ4v) is 2.24. The lowest BCUT2D eigenvalue weighted by atomic mass is 9.99. The number of hydrogen-bond donors (Lipinski definition) is 1. The van der Waals surface area contributed by atoms with E-state index in [4.69, 9.17) is 0 Å². The van der Waals surface area contributed by atoms with Gasteiger partial charge in [-0.3, -0.25) is 4.90 Å². The summed E-state index contributed by atoms with van der Waals surface area (Å²) in [6.45, 7) is 12.8. The third-order valence-electron chi connectivity index (χ3n) is 3.20. The van der Waals surface area contributed by atoms with Crippen molar-refractivity contribution >= 4 is 0 Å². The summed E-state index contributed by atoms with van der Waals surface area (Å²) in [6, 6.07) is 0.760. The van der Waals surface area contributed by atoms with Gasteiger partial charge in [0.2, 0.25) is 0 Å². The predicted molar refractivity (Wildman–Crippen MR) is 62.6 cm³/mol. The van der Waals surface area contributed by atoms with Crippen LogP contribution in [0, 0.1) is 0 Å². The maximum Gasteiger partial charge on any atom is 0.0252 e. The molecule has 2 nitrogen and oxygen atoms in total. The topological polar surface area (TPSA) is 15.3 Å². The number of unbranched alkanes of at least 4 members (excludes halogenated alkanes) is 1. The number of nitrogens with zero attached hydrogens (tertiary/aromatic N) is 1. The molecule has 0 aromatic heterocycles. The van der Waals surface area contributed by atoms with Crippen LogP contribution in [0.3, 0.4) is 0 Å². The molecular formula is C12H26N2. The molecule has 0 radical (unpaired) electrons. The summed E-state index contributed by atoms with van der Waals surface area (Å²) in [6.07, 6.45) is 4.04. The molecule has 1 saturated heterocycles. The first kappa shape index (κ1) is 12.0. The average molecular weight is 198 g/mol. The number of rotatable bonds is 4. The molecule has 0 saturated carbocycles. The molecule has 0 aromatic carbocycles. The van der Waals surface area contributed by atoms with Crippen LogP contribution in [0.15, 0.2) is 0 Å². The lowest BCUT2D eigenvalue weighted by Gasteiger charge is -2.42. The largest absolute Gasteiger partial charge is 0.309 e. The summed E-state index contributed by atoms with van der Waals surface area (Å²) >= 11 is 0. The second-order valence-corrected chi connectivity index (χ2v) is 5.27. The van der Waals surface area contributed by atoms with Gasteiger partial charge in [-0.2, -0.15) is 0 Å². The molecule has 1 aliphatic rings. The summed E-state index contributed by atoms with van der Waals surface area (Å²) < 4.78 is 0. The quantitative estimate of drug-likeness (QED) is 0.745. The SMILES string of the molecule is CCCCC(C)N1CCNC(C)(C)C1. The highest BCUT2D eigenvalue weighted by atomic mass is 15.2. The molecular weight excluding hydrogens is 172 g/mol. The molecule has 14 heavy (non-hydrogen) atoms. The van der Waals surface area contributed by atoms with Gasteiger partial charge in [0.05, 0.1) is 0 Å². The summed E-state index contributed by atoms with van der Waals surface area (Å²) in [5.41, 5.74) is 0.304. The van der Waals surface area contributed by atoms with Crippen molar-refractivity contribution in [3.05, 3.63) is 0 Å². The minimum atomic E-state index is 0.304. The molecule has 0 bridgehead atoms. The molecule has 1 unspecified atom stereocenters. The summed E-state index contributed by atoms with van der Waals surface area (Å²) in [7, 11) is 0. The zero-order valence-electron chi connectivity index (χ0n) is 10.3. The third-order valence-corrected chi connectivity index (χ3v) is 3.20. The van der Waals surface area contributed by atoms with Gasteiger partial charge in [0, 0.05) is 31.2 Å². The Kier molecular flexibility index (Phi) is 4.39. The second kappa shape index (κ2) is 5.13. The number of piperazine rings is 1. The number of nitrogens with one attached hydrogen (secondary N) is 1. The van der Waals surface area contributed by atoms with Crippen LogP contribution >= 0.6 is 0 Å². The molecule has 0 aromatic rings. The standard InChI is InChI=1S/C12H26N2/c1-5-6-7-11(2)14-9-8-13-12(3,4)10-14/h11,13H,5-10H2,1-4H3. The summed E-state index contributed by atoms with van der Waals surface area (Å²) in [5, 5.41) is 3.56. The van der Waals surface area contributed by atoms with Gasteiger partial charge in [0.1, 0.15) is 0 Å². The van der Waals surface area contributed by atoms with Crippen LogP contribution < -0.4 is 5.32 Å². The first-order valence-electron chi connectivity index (χ1n) is 6.04. The molecule has 0 spiro atoms. The Hall–Kier alpha value is -0.0800. The molecule has 84 valence electrons. The zero-order chi connectivity index (χ0) is 10.6. The normalized spacial score (nSPS) is 24.9. The highest BCUT2D eigenvalue weighted by Gasteiger charge is 2.27. The fraction of sp³-hybridized carbons (Fsp3) is 1.00. The van der Waals surface area contributed by atoms with E-state index in [1.165, 1.54) is 32.4 Å². The average Bonchev–Trinajstić information content (AvgIpc) is 2.12. The van der Waals surface area contributed by atoms with Crippen LogP contribution in [-0.2, 0) is 0 Å². The molecule has 1 aliphatic heterocycles. The van der Waals surface area contributed by atoms with Crippen molar-refractivity contribution in [2.45, 2.75) is 58.5 Å². The highest BCUT2D eigenvalue weighted by Crippen LogP contribution is 2.15. The minimum absolute atomic E-state index is 0.304. The van der Waals surface area contributed by atoms with Crippen molar-refractivity contribution in [2.75, 3.05) is 19.6 Å². The summed E-state index contributed by atoms with van der Waals surface area (Å²) in [5.74, 6) is 0. The van der Waals surface area contributed by atoms with Crippen LogP contribution in [0.1, 0.15) is 47.0 Å². The molecule has 2 heteroatoms. The maximum absolute atomic E-state index is 3.56. The first-order valence-corrected chi connectivity index (χ1v) is 6.04. The van der Waals surface area contributed by atoms with Gasteiger partial charge in [-0.15, -0.1) is 0 Å². The van der Waals surface area contributed by atoms with Gasteiger partial charge in [-0.05, 0) is 27.2 Å². The molecule has 0 amide bonds. The molecule has 1 N–H and O–H groups in total. The van der Waals surface area contributed by atoms with Gasteiger partial charge in [-0.1, -0.05) is 19.8 Å². The smallest absolute Gasteiger partial charge is 0.0252 e. The minimum Gasteiger partial charge on any atom is -0.309 e. The van der Waals surface area contributed by atoms with E-state index in [-0.39, 0.29) is 0 Å². The van der Waals surface area contributed by atoms with Gasteiger partial charge >= 0.3 is 0 Å². The molecule has 1 rings (SSSR count). The lowest BCUT2D eigenvalue weighted by Crippen LogP contribution is -2.58. The van der Waals surface area contributed by atoms with Gasteiger partial charge in [0.25, 0.3) is 0 Å². The molecule has 1 heterocycles. The molecule has 1 atom stereocenters. The third kappa shape index (κ3) is 3.58. The van der Waals surface area contributed by atoms with Gasteiger partial charge in [0.15, 0.2) is 0 Å². The second-order valence-electron chi connectivity index (χ2n) is 5.27. The van der Waals surface area contributed by atoms with Crippen LogP contribution in [0.25, 0.3) is 0 Å².